The minimum absolute atomic E-state index is 0.0652. The van der Waals surface area contributed by atoms with Crippen LogP contribution < -0.4 is 0 Å². The number of aryl methyl sites for hydroxylation is 1. The SMILES string of the molecule is CCCCCCCCCCCCc1ccccc1S(=O)(=O)OCc1ccccc1. The van der Waals surface area contributed by atoms with Gasteiger partial charge in [0, 0.05) is 0 Å². The molecule has 0 amide bonds. The molecular formula is C25H36O3S. The average molecular weight is 417 g/mol. The fourth-order valence-corrected chi connectivity index (χ4v) is 4.70. The molecule has 2 aromatic carbocycles. The van der Waals surface area contributed by atoms with Gasteiger partial charge in [-0.25, -0.2) is 0 Å². The van der Waals surface area contributed by atoms with E-state index in [1.165, 1.54) is 51.4 Å². The van der Waals surface area contributed by atoms with E-state index in [4.69, 9.17) is 4.18 Å². The zero-order chi connectivity index (χ0) is 20.8. The fraction of sp³-hybridized carbons (Fsp3) is 0.520. The number of unbranched alkanes of at least 4 members (excludes halogenated alkanes) is 9. The van der Waals surface area contributed by atoms with Gasteiger partial charge in [-0.15, -0.1) is 0 Å². The van der Waals surface area contributed by atoms with Crippen LogP contribution in [0.2, 0.25) is 0 Å². The van der Waals surface area contributed by atoms with Crippen LogP contribution >= 0.6 is 0 Å². The van der Waals surface area contributed by atoms with Crippen LogP contribution in [0.3, 0.4) is 0 Å². The van der Waals surface area contributed by atoms with Gasteiger partial charge in [-0.3, -0.25) is 4.18 Å². The first kappa shape index (κ1) is 23.6. The third kappa shape index (κ3) is 9.14. The van der Waals surface area contributed by atoms with Crippen molar-refractivity contribution in [3.8, 4) is 0 Å². The highest BCUT2D eigenvalue weighted by Crippen LogP contribution is 2.22. The molecule has 0 unspecified atom stereocenters. The second-order valence-corrected chi connectivity index (χ2v) is 9.33. The van der Waals surface area contributed by atoms with E-state index in [0.29, 0.717) is 4.90 Å². The molecule has 0 aliphatic carbocycles. The largest absolute Gasteiger partial charge is 0.297 e. The average Bonchev–Trinajstić information content (AvgIpc) is 2.75. The Morgan fingerprint density at radius 2 is 1.24 bits per heavy atom. The summed E-state index contributed by atoms with van der Waals surface area (Å²) >= 11 is 0. The third-order valence-electron chi connectivity index (χ3n) is 5.27. The van der Waals surface area contributed by atoms with Crippen molar-refractivity contribution < 1.29 is 12.6 Å². The van der Waals surface area contributed by atoms with E-state index in [-0.39, 0.29) is 6.61 Å². The molecule has 0 saturated carbocycles. The maximum atomic E-state index is 12.7. The molecule has 0 N–H and O–H groups in total. The molecule has 0 aliphatic heterocycles. The first-order chi connectivity index (χ1) is 14.1. The van der Waals surface area contributed by atoms with Gasteiger partial charge in [0.1, 0.15) is 0 Å². The summed E-state index contributed by atoms with van der Waals surface area (Å²) in [6, 6.07) is 16.6. The molecule has 0 aromatic heterocycles. The summed E-state index contributed by atoms with van der Waals surface area (Å²) in [4.78, 5) is 0.312. The van der Waals surface area contributed by atoms with E-state index in [2.05, 4.69) is 6.92 Å². The minimum atomic E-state index is -3.75. The standard InChI is InChI=1S/C25H36O3S/c1-2-3-4-5-6-7-8-9-10-14-19-24-20-15-16-21-25(24)29(26,27)28-22-23-17-12-11-13-18-23/h11-13,15-18,20-21H,2-10,14,19,22H2,1H3. The van der Waals surface area contributed by atoms with Gasteiger partial charge in [-0.05, 0) is 30.0 Å². The molecule has 29 heavy (non-hydrogen) atoms. The smallest absolute Gasteiger partial charge is 0.262 e. The molecular weight excluding hydrogens is 380 g/mol. The molecule has 0 aliphatic rings. The van der Waals surface area contributed by atoms with E-state index >= 15 is 0 Å². The second-order valence-electron chi connectivity index (χ2n) is 7.74. The topological polar surface area (TPSA) is 43.4 Å². The molecule has 0 radical (unpaired) electrons. The van der Waals surface area contributed by atoms with E-state index < -0.39 is 10.1 Å². The number of benzene rings is 2. The number of rotatable bonds is 15. The molecule has 160 valence electrons. The van der Waals surface area contributed by atoms with E-state index in [0.717, 1.165) is 30.4 Å². The van der Waals surface area contributed by atoms with Gasteiger partial charge in [-0.1, -0.05) is 113 Å². The first-order valence-electron chi connectivity index (χ1n) is 11.1. The highest BCUT2D eigenvalue weighted by Gasteiger charge is 2.19. The summed E-state index contributed by atoms with van der Waals surface area (Å²) in [6.45, 7) is 2.31. The molecule has 3 nitrogen and oxygen atoms in total. The molecule has 0 saturated heterocycles. The Balaban J connectivity index is 1.75. The summed E-state index contributed by atoms with van der Waals surface area (Å²) < 4.78 is 30.7. The molecule has 0 atom stereocenters. The van der Waals surface area contributed by atoms with Crippen molar-refractivity contribution >= 4 is 10.1 Å². The monoisotopic (exact) mass is 416 g/mol. The normalized spacial score (nSPS) is 11.6. The van der Waals surface area contributed by atoms with Gasteiger partial charge in [0.15, 0.2) is 0 Å². The maximum Gasteiger partial charge on any atom is 0.297 e. The third-order valence-corrected chi connectivity index (χ3v) is 6.63. The van der Waals surface area contributed by atoms with Crippen molar-refractivity contribution in [2.24, 2.45) is 0 Å². The zero-order valence-corrected chi connectivity index (χ0v) is 18.6. The highest BCUT2D eigenvalue weighted by atomic mass is 32.2. The maximum absolute atomic E-state index is 12.7. The van der Waals surface area contributed by atoms with Crippen LogP contribution in [0.4, 0.5) is 0 Å². The lowest BCUT2D eigenvalue weighted by atomic mass is 10.0. The minimum Gasteiger partial charge on any atom is -0.262 e. The highest BCUT2D eigenvalue weighted by molar-refractivity contribution is 7.86. The second kappa shape index (κ2) is 13.6. The van der Waals surface area contributed by atoms with E-state index in [1.54, 1.807) is 12.1 Å². The lowest BCUT2D eigenvalue weighted by Crippen LogP contribution is -2.09. The lowest BCUT2D eigenvalue weighted by molar-refractivity contribution is 0.307. The lowest BCUT2D eigenvalue weighted by Gasteiger charge is -2.11. The molecule has 0 bridgehead atoms. The first-order valence-corrected chi connectivity index (χ1v) is 12.6. The van der Waals surface area contributed by atoms with Crippen LogP contribution in [0.25, 0.3) is 0 Å². The molecule has 2 aromatic rings. The fourth-order valence-electron chi connectivity index (χ4n) is 3.54. The van der Waals surface area contributed by atoms with Gasteiger partial charge in [0.25, 0.3) is 10.1 Å². The predicted molar refractivity (Wildman–Crippen MR) is 120 cm³/mol. The summed E-state index contributed by atoms with van der Waals surface area (Å²) in [5.74, 6) is 0. The predicted octanol–water partition coefficient (Wildman–Crippen LogP) is 7.06. The van der Waals surface area contributed by atoms with Gasteiger partial charge in [-0.2, -0.15) is 8.42 Å². The summed E-state index contributed by atoms with van der Waals surface area (Å²) in [7, 11) is -3.75. The van der Waals surface area contributed by atoms with Crippen molar-refractivity contribution in [3.63, 3.8) is 0 Å². The van der Waals surface area contributed by atoms with Gasteiger partial charge < -0.3 is 0 Å². The zero-order valence-electron chi connectivity index (χ0n) is 17.8. The Kier molecular flexibility index (Phi) is 11.0. The molecule has 0 spiro atoms. The van der Waals surface area contributed by atoms with Gasteiger partial charge in [0.05, 0.1) is 11.5 Å². The quantitative estimate of drug-likeness (QED) is 0.231. The number of hydrogen-bond acceptors (Lipinski definition) is 3. The van der Waals surface area contributed by atoms with Crippen LogP contribution in [0.5, 0.6) is 0 Å². The van der Waals surface area contributed by atoms with Crippen LogP contribution in [0.15, 0.2) is 59.5 Å². The van der Waals surface area contributed by atoms with Crippen molar-refractivity contribution in [2.45, 2.75) is 89.1 Å². The van der Waals surface area contributed by atoms with Crippen molar-refractivity contribution in [2.75, 3.05) is 0 Å². The van der Waals surface area contributed by atoms with Crippen molar-refractivity contribution in [1.29, 1.82) is 0 Å². The Morgan fingerprint density at radius 1 is 0.690 bits per heavy atom. The van der Waals surface area contributed by atoms with Crippen LogP contribution in [0.1, 0.15) is 82.3 Å². The van der Waals surface area contributed by atoms with Crippen molar-refractivity contribution in [3.05, 3.63) is 65.7 Å². The van der Waals surface area contributed by atoms with Crippen LogP contribution in [-0.2, 0) is 27.3 Å². The van der Waals surface area contributed by atoms with Crippen molar-refractivity contribution in [1.82, 2.24) is 0 Å². The molecule has 4 heteroatoms. The summed E-state index contributed by atoms with van der Waals surface area (Å²) in [5, 5.41) is 0. The Labute approximate surface area is 177 Å². The summed E-state index contributed by atoms with van der Waals surface area (Å²) in [5.41, 5.74) is 1.71. The van der Waals surface area contributed by atoms with E-state index in [9.17, 15) is 8.42 Å². The van der Waals surface area contributed by atoms with Crippen LogP contribution in [-0.4, -0.2) is 8.42 Å². The Morgan fingerprint density at radius 3 is 1.90 bits per heavy atom. The van der Waals surface area contributed by atoms with E-state index in [1.807, 2.05) is 42.5 Å². The molecule has 2 rings (SSSR count). The van der Waals surface area contributed by atoms with Gasteiger partial charge >= 0.3 is 0 Å². The Hall–Kier alpha value is -1.65. The summed E-state index contributed by atoms with van der Waals surface area (Å²) in [6.07, 6.45) is 13.5. The molecule has 0 fully saturated rings. The molecule has 0 heterocycles. The number of hydrogen-bond donors (Lipinski definition) is 0. The van der Waals surface area contributed by atoms with Gasteiger partial charge in [0.2, 0.25) is 0 Å². The van der Waals surface area contributed by atoms with Crippen LogP contribution in [0, 0.1) is 0 Å². The Bertz CT molecular complexity index is 785.